The van der Waals surface area contributed by atoms with Crippen molar-refractivity contribution >= 4 is 27.8 Å². The number of aromatic hydroxyl groups is 1. The Morgan fingerprint density at radius 3 is 2.76 bits per heavy atom. The molecular formula is C25H26FN3O5. The van der Waals surface area contributed by atoms with E-state index in [-0.39, 0.29) is 29.1 Å². The summed E-state index contributed by atoms with van der Waals surface area (Å²) in [5.74, 6) is -0.343. The van der Waals surface area contributed by atoms with Gasteiger partial charge in [-0.3, -0.25) is 4.79 Å². The average Bonchev–Trinajstić information content (AvgIpc) is 3.20. The first-order valence-electron chi connectivity index (χ1n) is 11.2. The fraction of sp³-hybridized carbons (Fsp3) is 0.320. The van der Waals surface area contributed by atoms with Crippen molar-refractivity contribution in [3.8, 4) is 23.1 Å². The highest BCUT2D eigenvalue weighted by Gasteiger charge is 2.16. The summed E-state index contributed by atoms with van der Waals surface area (Å²) in [6.45, 7) is 4.36. The number of halogens is 1. The summed E-state index contributed by atoms with van der Waals surface area (Å²) in [7, 11) is 0. The standard InChI is InChI=1S/C25H26FN3O5/c1-3-32-23(31)7-5-4-6-10-33-22-12-17-19(13-20(22)30)27-14-28-25(17)34-21-9-8-18-16(24(21)26)11-15(2)29-18/h8-9,11-14,29-30H,3-7,10H2,1-2H3. The third kappa shape index (κ3) is 5.19. The average molecular weight is 467 g/mol. The number of unbranched alkanes of at least 4 members (excludes halogenated alkanes) is 2. The minimum Gasteiger partial charge on any atom is -0.504 e. The van der Waals surface area contributed by atoms with Crippen molar-refractivity contribution in [2.45, 2.75) is 39.5 Å². The highest BCUT2D eigenvalue weighted by atomic mass is 19.1. The molecule has 0 radical (unpaired) electrons. The van der Waals surface area contributed by atoms with E-state index in [2.05, 4.69) is 15.0 Å². The Bertz CT molecular complexity index is 1320. The van der Waals surface area contributed by atoms with Gasteiger partial charge in [0.05, 0.1) is 24.1 Å². The summed E-state index contributed by atoms with van der Waals surface area (Å²) in [4.78, 5) is 22.8. The van der Waals surface area contributed by atoms with Crippen molar-refractivity contribution < 1.29 is 28.5 Å². The maximum Gasteiger partial charge on any atom is 0.305 e. The lowest BCUT2D eigenvalue weighted by Gasteiger charge is -2.12. The molecule has 178 valence electrons. The quantitative estimate of drug-likeness (QED) is 0.232. The van der Waals surface area contributed by atoms with Gasteiger partial charge in [-0.15, -0.1) is 0 Å². The zero-order valence-corrected chi connectivity index (χ0v) is 19.1. The molecule has 0 spiro atoms. The van der Waals surface area contributed by atoms with E-state index in [4.69, 9.17) is 14.2 Å². The Kier molecular flexibility index (Phi) is 7.10. The first kappa shape index (κ1) is 23.3. The predicted molar refractivity (Wildman–Crippen MR) is 125 cm³/mol. The van der Waals surface area contributed by atoms with E-state index >= 15 is 0 Å². The number of ether oxygens (including phenoxy) is 3. The van der Waals surface area contributed by atoms with Crippen LogP contribution in [-0.2, 0) is 9.53 Å². The van der Waals surface area contributed by atoms with Gasteiger partial charge in [0.15, 0.2) is 23.1 Å². The van der Waals surface area contributed by atoms with Crippen molar-refractivity contribution in [1.29, 1.82) is 0 Å². The Morgan fingerprint density at radius 2 is 1.94 bits per heavy atom. The van der Waals surface area contributed by atoms with Gasteiger partial charge in [0.2, 0.25) is 5.88 Å². The molecule has 2 N–H and O–H groups in total. The third-order valence-corrected chi connectivity index (χ3v) is 5.31. The van der Waals surface area contributed by atoms with E-state index in [0.717, 1.165) is 12.1 Å². The fourth-order valence-electron chi connectivity index (χ4n) is 3.68. The molecule has 0 saturated heterocycles. The summed E-state index contributed by atoms with van der Waals surface area (Å²) in [5.41, 5.74) is 1.96. The molecular weight excluding hydrogens is 441 g/mol. The second kappa shape index (κ2) is 10.4. The van der Waals surface area contributed by atoms with Crippen molar-refractivity contribution in [3.63, 3.8) is 0 Å². The largest absolute Gasteiger partial charge is 0.504 e. The molecule has 4 aromatic rings. The highest BCUT2D eigenvalue weighted by molar-refractivity contribution is 5.87. The molecule has 0 atom stereocenters. The van der Waals surface area contributed by atoms with Crippen molar-refractivity contribution in [1.82, 2.24) is 15.0 Å². The van der Waals surface area contributed by atoms with Crippen LogP contribution in [-0.4, -0.2) is 39.2 Å². The zero-order chi connectivity index (χ0) is 24.1. The number of nitrogens with zero attached hydrogens (tertiary/aromatic N) is 2. The SMILES string of the molecule is CCOC(=O)CCCCCOc1cc2c(Oc3ccc4[nH]c(C)cc4c3F)ncnc2cc1O. The van der Waals surface area contributed by atoms with Gasteiger partial charge in [-0.05, 0) is 57.4 Å². The molecule has 2 aromatic heterocycles. The van der Waals surface area contributed by atoms with E-state index in [0.29, 0.717) is 54.3 Å². The van der Waals surface area contributed by atoms with Crippen molar-refractivity contribution in [3.05, 3.63) is 48.2 Å². The number of fused-ring (bicyclic) bond motifs is 2. The van der Waals surface area contributed by atoms with Crippen LogP contribution in [0, 0.1) is 12.7 Å². The number of benzene rings is 2. The molecule has 0 saturated carbocycles. The van der Waals surface area contributed by atoms with E-state index < -0.39 is 5.82 Å². The van der Waals surface area contributed by atoms with E-state index in [1.54, 1.807) is 25.1 Å². The van der Waals surface area contributed by atoms with Crippen LogP contribution in [0.4, 0.5) is 4.39 Å². The number of aromatic amines is 1. The number of esters is 1. The minimum atomic E-state index is -0.494. The first-order chi connectivity index (χ1) is 16.5. The number of phenols is 1. The molecule has 2 heterocycles. The number of hydrogen-bond acceptors (Lipinski definition) is 7. The van der Waals surface area contributed by atoms with Crippen molar-refractivity contribution in [2.24, 2.45) is 0 Å². The fourth-order valence-corrected chi connectivity index (χ4v) is 3.68. The van der Waals surface area contributed by atoms with Crippen LogP contribution in [0.1, 0.15) is 38.3 Å². The maximum absolute atomic E-state index is 15.0. The van der Waals surface area contributed by atoms with Crippen LogP contribution in [0.5, 0.6) is 23.1 Å². The highest BCUT2D eigenvalue weighted by Crippen LogP contribution is 2.37. The van der Waals surface area contributed by atoms with Crippen LogP contribution in [0.3, 0.4) is 0 Å². The summed E-state index contributed by atoms with van der Waals surface area (Å²) in [5, 5.41) is 11.2. The summed E-state index contributed by atoms with van der Waals surface area (Å²) < 4.78 is 31.4. The first-order valence-corrected chi connectivity index (χ1v) is 11.2. The van der Waals surface area contributed by atoms with Crippen LogP contribution < -0.4 is 9.47 Å². The number of carbonyl (C=O) groups is 1. The Balaban J connectivity index is 1.47. The number of rotatable bonds is 10. The van der Waals surface area contributed by atoms with Gasteiger partial charge < -0.3 is 24.3 Å². The topological polar surface area (TPSA) is 107 Å². The molecule has 0 aliphatic carbocycles. The van der Waals surface area contributed by atoms with E-state index in [1.165, 1.54) is 18.5 Å². The van der Waals surface area contributed by atoms with Gasteiger partial charge in [-0.1, -0.05) is 0 Å². The van der Waals surface area contributed by atoms with Gasteiger partial charge in [0.1, 0.15) is 6.33 Å². The molecule has 4 rings (SSSR count). The van der Waals surface area contributed by atoms with E-state index in [1.807, 2.05) is 6.92 Å². The number of hydrogen-bond donors (Lipinski definition) is 2. The monoisotopic (exact) mass is 467 g/mol. The van der Waals surface area contributed by atoms with Gasteiger partial charge in [0.25, 0.3) is 0 Å². The zero-order valence-electron chi connectivity index (χ0n) is 19.1. The summed E-state index contributed by atoms with van der Waals surface area (Å²) in [6, 6.07) is 8.03. The lowest BCUT2D eigenvalue weighted by atomic mass is 10.2. The molecule has 0 unspecified atom stereocenters. The number of carbonyl (C=O) groups excluding carboxylic acids is 1. The Hall–Kier alpha value is -3.88. The molecule has 0 aliphatic rings. The normalized spacial score (nSPS) is 11.1. The van der Waals surface area contributed by atoms with Crippen molar-refractivity contribution in [2.75, 3.05) is 13.2 Å². The Labute approximate surface area is 195 Å². The predicted octanol–water partition coefficient (Wildman–Crippen LogP) is 5.56. The molecule has 8 nitrogen and oxygen atoms in total. The number of H-pyrrole nitrogens is 1. The molecule has 2 aromatic carbocycles. The number of nitrogens with one attached hydrogen (secondary N) is 1. The number of aromatic nitrogens is 3. The van der Waals surface area contributed by atoms with Gasteiger partial charge in [-0.25, -0.2) is 14.4 Å². The molecule has 0 amide bonds. The van der Waals surface area contributed by atoms with Gasteiger partial charge in [0, 0.05) is 29.1 Å². The molecule has 34 heavy (non-hydrogen) atoms. The Morgan fingerprint density at radius 1 is 1.09 bits per heavy atom. The molecule has 9 heteroatoms. The second-order valence-electron chi connectivity index (χ2n) is 7.87. The molecule has 0 fully saturated rings. The van der Waals surface area contributed by atoms with Crippen LogP contribution in [0.25, 0.3) is 21.8 Å². The molecule has 0 bridgehead atoms. The van der Waals surface area contributed by atoms with Gasteiger partial charge in [-0.2, -0.15) is 0 Å². The van der Waals surface area contributed by atoms with Gasteiger partial charge >= 0.3 is 5.97 Å². The lowest BCUT2D eigenvalue weighted by Crippen LogP contribution is -2.04. The number of aryl methyl sites for hydroxylation is 1. The summed E-state index contributed by atoms with van der Waals surface area (Å²) in [6.07, 6.45) is 3.85. The smallest absolute Gasteiger partial charge is 0.305 e. The number of phenolic OH excluding ortho intramolecular Hbond substituents is 1. The lowest BCUT2D eigenvalue weighted by molar-refractivity contribution is -0.143. The maximum atomic E-state index is 15.0. The molecule has 0 aliphatic heterocycles. The van der Waals surface area contributed by atoms with E-state index in [9.17, 15) is 14.3 Å². The van der Waals surface area contributed by atoms with Crippen LogP contribution in [0.15, 0.2) is 36.7 Å². The van der Waals surface area contributed by atoms with Crippen LogP contribution in [0.2, 0.25) is 0 Å². The summed E-state index contributed by atoms with van der Waals surface area (Å²) >= 11 is 0. The third-order valence-electron chi connectivity index (χ3n) is 5.31. The second-order valence-corrected chi connectivity index (χ2v) is 7.87. The van der Waals surface area contributed by atoms with Crippen LogP contribution >= 0.6 is 0 Å². The minimum absolute atomic E-state index is 0.0312.